The van der Waals surface area contributed by atoms with Crippen molar-refractivity contribution in [3.8, 4) is 11.5 Å². The molecule has 1 heterocycles. The monoisotopic (exact) mass is 459 g/mol. The van der Waals surface area contributed by atoms with Crippen molar-refractivity contribution in [1.29, 1.82) is 0 Å². The van der Waals surface area contributed by atoms with E-state index >= 15 is 0 Å². The van der Waals surface area contributed by atoms with Crippen LogP contribution in [0.4, 0.5) is 5.13 Å². The first-order valence-electron chi connectivity index (χ1n) is 9.47. The lowest BCUT2D eigenvalue weighted by Crippen LogP contribution is -2.27. The van der Waals surface area contributed by atoms with Gasteiger partial charge in [-0.2, -0.15) is 0 Å². The van der Waals surface area contributed by atoms with Gasteiger partial charge in [0.2, 0.25) is 5.91 Å². The Morgan fingerprint density at radius 3 is 2.52 bits per heavy atom. The molecule has 0 aliphatic rings. The average Bonchev–Trinajstić information content (AvgIpc) is 3.20. The minimum absolute atomic E-state index is 0.138. The van der Waals surface area contributed by atoms with Gasteiger partial charge in [-0.1, -0.05) is 17.7 Å². The molecule has 0 unspecified atom stereocenters. The van der Waals surface area contributed by atoms with Gasteiger partial charge < -0.3 is 14.8 Å². The highest BCUT2D eigenvalue weighted by atomic mass is 35.5. The van der Waals surface area contributed by atoms with Crippen LogP contribution in [0.25, 0.3) is 0 Å². The molecule has 162 valence electrons. The van der Waals surface area contributed by atoms with Gasteiger partial charge in [0.25, 0.3) is 5.91 Å². The lowest BCUT2D eigenvalue weighted by Gasteiger charge is -2.10. The summed E-state index contributed by atoms with van der Waals surface area (Å²) in [5, 5.41) is 8.36. The topological polar surface area (TPSA) is 89.6 Å². The fourth-order valence-electron chi connectivity index (χ4n) is 2.83. The van der Waals surface area contributed by atoms with Crippen molar-refractivity contribution in [3.05, 3.63) is 69.7 Å². The third-order valence-corrected chi connectivity index (χ3v) is 5.46. The minimum atomic E-state index is -0.281. The largest absolute Gasteiger partial charge is 0.493 e. The summed E-state index contributed by atoms with van der Waals surface area (Å²) in [7, 11) is 3.17. The number of benzene rings is 2. The van der Waals surface area contributed by atoms with E-state index < -0.39 is 0 Å². The quantitative estimate of drug-likeness (QED) is 0.505. The van der Waals surface area contributed by atoms with Crippen LogP contribution in [0.2, 0.25) is 5.02 Å². The second-order valence-corrected chi connectivity index (χ2v) is 7.87. The van der Waals surface area contributed by atoms with Gasteiger partial charge in [-0.25, -0.2) is 4.98 Å². The minimum Gasteiger partial charge on any atom is -0.493 e. The van der Waals surface area contributed by atoms with Gasteiger partial charge in [0.1, 0.15) is 0 Å². The molecule has 0 aliphatic carbocycles. The van der Waals surface area contributed by atoms with Gasteiger partial charge in [0.05, 0.1) is 26.3 Å². The third kappa shape index (κ3) is 6.44. The van der Waals surface area contributed by atoms with Crippen molar-refractivity contribution >= 4 is 39.9 Å². The number of carbonyl (C=O) groups is 2. The normalized spacial score (nSPS) is 10.4. The second kappa shape index (κ2) is 10.8. The fraction of sp³-hybridized carbons (Fsp3) is 0.227. The van der Waals surface area contributed by atoms with Gasteiger partial charge in [0.15, 0.2) is 16.6 Å². The number of hydrogen-bond acceptors (Lipinski definition) is 6. The van der Waals surface area contributed by atoms with Crippen molar-refractivity contribution < 1.29 is 19.1 Å². The number of methoxy groups -OCH3 is 2. The Labute approximate surface area is 189 Å². The van der Waals surface area contributed by atoms with Gasteiger partial charge in [-0.05, 0) is 48.4 Å². The van der Waals surface area contributed by atoms with Crippen molar-refractivity contribution in [1.82, 2.24) is 10.3 Å². The molecule has 0 fully saturated rings. The van der Waals surface area contributed by atoms with Crippen molar-refractivity contribution in [2.75, 3.05) is 26.1 Å². The van der Waals surface area contributed by atoms with E-state index in [9.17, 15) is 9.59 Å². The highest BCUT2D eigenvalue weighted by Gasteiger charge is 2.11. The second-order valence-electron chi connectivity index (χ2n) is 6.57. The first kappa shape index (κ1) is 22.6. The van der Waals surface area contributed by atoms with E-state index in [4.69, 9.17) is 21.1 Å². The Balaban J connectivity index is 1.46. The van der Waals surface area contributed by atoms with Gasteiger partial charge in [0, 0.05) is 22.5 Å². The van der Waals surface area contributed by atoms with Crippen LogP contribution in [0, 0.1) is 0 Å². The molecule has 1 aromatic heterocycles. The maximum atomic E-state index is 12.2. The Morgan fingerprint density at radius 1 is 1.06 bits per heavy atom. The van der Waals surface area contributed by atoms with Crippen LogP contribution in [0.15, 0.2) is 47.8 Å². The number of aromatic nitrogens is 1. The zero-order valence-electron chi connectivity index (χ0n) is 17.1. The Morgan fingerprint density at radius 2 is 1.81 bits per heavy atom. The molecule has 2 aromatic carbocycles. The number of ether oxygens (including phenoxy) is 2. The van der Waals surface area contributed by atoms with Crippen molar-refractivity contribution in [2.24, 2.45) is 0 Å². The van der Waals surface area contributed by atoms with Crippen LogP contribution in [0.1, 0.15) is 21.6 Å². The molecule has 9 heteroatoms. The summed E-state index contributed by atoms with van der Waals surface area (Å²) >= 11 is 7.11. The van der Waals surface area contributed by atoms with Crippen molar-refractivity contribution in [3.63, 3.8) is 0 Å². The fourth-order valence-corrected chi connectivity index (χ4v) is 3.66. The molecule has 3 aromatic rings. The zero-order chi connectivity index (χ0) is 22.2. The summed E-state index contributed by atoms with van der Waals surface area (Å²) in [5.41, 5.74) is 2.10. The van der Waals surface area contributed by atoms with Gasteiger partial charge >= 0.3 is 0 Å². The maximum Gasteiger partial charge on any atom is 0.257 e. The van der Waals surface area contributed by atoms with Crippen LogP contribution in [0.3, 0.4) is 0 Å². The van der Waals surface area contributed by atoms with E-state index in [-0.39, 0.29) is 18.2 Å². The molecule has 2 N–H and O–H groups in total. The average molecular weight is 460 g/mol. The Bertz CT molecular complexity index is 1050. The molecule has 2 amide bonds. The number of carbonyl (C=O) groups excluding carboxylic acids is 2. The smallest absolute Gasteiger partial charge is 0.257 e. The number of anilines is 1. The van der Waals surface area contributed by atoms with Crippen LogP contribution < -0.4 is 20.1 Å². The van der Waals surface area contributed by atoms with E-state index in [0.717, 1.165) is 5.56 Å². The lowest BCUT2D eigenvalue weighted by molar-refractivity contribution is -0.120. The van der Waals surface area contributed by atoms with E-state index in [1.165, 1.54) is 11.3 Å². The van der Waals surface area contributed by atoms with Crippen LogP contribution in [-0.4, -0.2) is 37.6 Å². The standard InChI is InChI=1S/C22H22ClN3O4S/c1-29-18-8-3-14(11-19(18)30-2)9-10-24-20(27)12-17-13-31-22(25-17)26-21(28)15-4-6-16(23)7-5-15/h3-8,11,13H,9-10,12H2,1-2H3,(H,24,27)(H,25,26,28). The molecule has 0 saturated carbocycles. The number of nitrogens with zero attached hydrogens (tertiary/aromatic N) is 1. The molecule has 0 bridgehead atoms. The zero-order valence-corrected chi connectivity index (χ0v) is 18.7. The predicted molar refractivity (Wildman–Crippen MR) is 121 cm³/mol. The van der Waals surface area contributed by atoms with Gasteiger partial charge in [-0.15, -0.1) is 11.3 Å². The summed E-state index contributed by atoms with van der Waals surface area (Å²) < 4.78 is 10.5. The maximum absolute atomic E-state index is 12.2. The summed E-state index contributed by atoms with van der Waals surface area (Å²) in [5.74, 6) is 0.901. The SMILES string of the molecule is COc1ccc(CCNC(=O)Cc2csc(NC(=O)c3ccc(Cl)cc3)n2)cc1OC. The van der Waals surface area contributed by atoms with E-state index in [2.05, 4.69) is 15.6 Å². The van der Waals surface area contributed by atoms with Gasteiger partial charge in [-0.3, -0.25) is 14.9 Å². The number of thiazole rings is 1. The molecule has 0 saturated heterocycles. The molecule has 31 heavy (non-hydrogen) atoms. The first-order chi connectivity index (χ1) is 15.0. The van der Waals surface area contributed by atoms with Crippen LogP contribution in [0.5, 0.6) is 11.5 Å². The third-order valence-electron chi connectivity index (χ3n) is 4.40. The molecule has 0 radical (unpaired) electrons. The Hall–Kier alpha value is -3.10. The predicted octanol–water partition coefficient (Wildman–Crippen LogP) is 3.97. The summed E-state index contributed by atoms with van der Waals surface area (Å²) in [6.45, 7) is 0.485. The highest BCUT2D eigenvalue weighted by molar-refractivity contribution is 7.14. The number of hydrogen-bond donors (Lipinski definition) is 2. The van der Waals surface area contributed by atoms with E-state index in [1.54, 1.807) is 43.9 Å². The van der Waals surface area contributed by atoms with E-state index in [0.29, 0.717) is 45.9 Å². The van der Waals surface area contributed by atoms with Crippen LogP contribution >= 0.6 is 22.9 Å². The number of halogens is 1. The summed E-state index contributed by atoms with van der Waals surface area (Å²) in [4.78, 5) is 28.8. The number of rotatable bonds is 9. The molecule has 3 rings (SSSR count). The highest BCUT2D eigenvalue weighted by Crippen LogP contribution is 2.27. The molecular formula is C22H22ClN3O4S. The lowest BCUT2D eigenvalue weighted by atomic mass is 10.1. The first-order valence-corrected chi connectivity index (χ1v) is 10.7. The summed E-state index contributed by atoms with van der Waals surface area (Å²) in [6, 6.07) is 12.2. The van der Waals surface area contributed by atoms with Crippen LogP contribution in [-0.2, 0) is 17.6 Å². The molecule has 7 nitrogen and oxygen atoms in total. The molecule has 0 aliphatic heterocycles. The van der Waals surface area contributed by atoms with E-state index in [1.807, 2.05) is 18.2 Å². The number of nitrogens with one attached hydrogen (secondary N) is 2. The molecule has 0 atom stereocenters. The summed E-state index contributed by atoms with van der Waals surface area (Å²) in [6.07, 6.45) is 0.796. The number of amides is 2. The van der Waals surface area contributed by atoms with Crippen molar-refractivity contribution in [2.45, 2.75) is 12.8 Å². The Kier molecular flexibility index (Phi) is 7.86. The molecular weight excluding hydrogens is 438 g/mol. The molecule has 0 spiro atoms.